The lowest BCUT2D eigenvalue weighted by Gasteiger charge is -2.01. The van der Waals surface area contributed by atoms with Gasteiger partial charge in [-0.2, -0.15) is 0 Å². The number of aliphatic hydroxyl groups excluding tert-OH is 1. The molecule has 0 amide bonds. The Morgan fingerprint density at radius 2 is 1.46 bits per heavy atom. The van der Waals surface area contributed by atoms with E-state index in [1.165, 1.54) is 12.4 Å². The minimum atomic E-state index is -1.06. The Bertz CT molecular complexity index is 696. The second-order valence-corrected chi connectivity index (χ2v) is 5.58. The molecular weight excluding hydrogens is 334 g/mol. The molecule has 0 saturated carbocycles. The lowest BCUT2D eigenvalue weighted by atomic mass is 10.1. The van der Waals surface area contributed by atoms with Crippen LogP contribution in [-0.2, 0) is 19.7 Å². The molecule has 136 valence electrons. The van der Waals surface area contributed by atoms with Gasteiger partial charge in [0.15, 0.2) is 0 Å². The van der Waals surface area contributed by atoms with Gasteiger partial charge in [0.05, 0.1) is 39.2 Å². The summed E-state index contributed by atoms with van der Waals surface area (Å²) >= 11 is 0. The van der Waals surface area contributed by atoms with E-state index in [0.717, 1.165) is 22.4 Å². The first-order chi connectivity index (χ1) is 12.6. The average molecular weight is 355 g/mol. The molecule has 2 aromatic carbocycles. The van der Waals surface area contributed by atoms with Gasteiger partial charge in [-0.05, 0) is 28.8 Å². The Kier molecular flexibility index (Phi) is 7.45. The zero-order valence-corrected chi connectivity index (χ0v) is 14.5. The fraction of sp³-hybridized carbons (Fsp3) is 0.263. The molecule has 0 aromatic heterocycles. The number of benzene rings is 2. The third-order valence-corrected chi connectivity index (χ3v) is 3.67. The van der Waals surface area contributed by atoms with Gasteiger partial charge >= 0.3 is 0 Å². The van der Waals surface area contributed by atoms with Crippen LogP contribution in [0.4, 0.5) is 0 Å². The highest BCUT2D eigenvalue weighted by Gasteiger charge is 2.13. The van der Waals surface area contributed by atoms with Crippen molar-refractivity contribution in [2.45, 2.75) is 25.7 Å². The molecule has 1 atom stereocenters. The van der Waals surface area contributed by atoms with E-state index in [1.807, 2.05) is 36.4 Å². The quantitative estimate of drug-likeness (QED) is 0.425. The summed E-state index contributed by atoms with van der Waals surface area (Å²) in [4.78, 5) is 19.0. The van der Waals surface area contributed by atoms with Gasteiger partial charge in [-0.1, -0.05) is 36.4 Å². The molecule has 0 fully saturated rings. The largest absolute Gasteiger partial charge is 0.497 e. The third kappa shape index (κ3) is 6.10. The fourth-order valence-electron chi connectivity index (χ4n) is 2.16. The summed E-state index contributed by atoms with van der Waals surface area (Å²) in [6.45, 7) is 0.671. The second kappa shape index (κ2) is 10.0. The van der Waals surface area contributed by atoms with E-state index in [9.17, 15) is 10.1 Å². The summed E-state index contributed by atoms with van der Waals surface area (Å²) in [6, 6.07) is 13.6. The first kappa shape index (κ1) is 19.3. The van der Waals surface area contributed by atoms with Crippen molar-refractivity contribution in [3.8, 4) is 5.75 Å². The van der Waals surface area contributed by atoms with Crippen LogP contribution in [0.15, 0.2) is 58.5 Å². The molecule has 0 saturated heterocycles. The lowest BCUT2D eigenvalue weighted by molar-refractivity contribution is -0.482. The lowest BCUT2D eigenvalue weighted by Crippen LogP contribution is -2.22. The minimum absolute atomic E-state index is 0.0163. The first-order valence-corrected chi connectivity index (χ1v) is 8.07. The molecule has 0 spiro atoms. The Balaban J connectivity index is 1.91. The second-order valence-electron chi connectivity index (χ2n) is 5.58. The van der Waals surface area contributed by atoms with Crippen LogP contribution in [0.3, 0.4) is 0 Å². The average Bonchev–Trinajstić information content (AvgIpc) is 2.67. The molecule has 0 aliphatic carbocycles. The van der Waals surface area contributed by atoms with Gasteiger partial charge in [-0.15, -0.1) is 0 Å². The predicted octanol–water partition coefficient (Wildman–Crippen LogP) is 2.67. The van der Waals surface area contributed by atoms with Crippen LogP contribution in [0.1, 0.15) is 16.7 Å². The van der Waals surface area contributed by atoms with Gasteiger partial charge in [0, 0.05) is 4.92 Å². The maximum atomic E-state index is 11.1. The smallest absolute Gasteiger partial charge is 0.282 e. The molecular formula is C19H21N3O4. The molecule has 0 aliphatic rings. The summed E-state index contributed by atoms with van der Waals surface area (Å²) < 4.78 is 5.08. The third-order valence-electron chi connectivity index (χ3n) is 3.67. The highest BCUT2D eigenvalue weighted by Crippen LogP contribution is 2.11. The van der Waals surface area contributed by atoms with Crippen molar-refractivity contribution < 1.29 is 14.8 Å². The van der Waals surface area contributed by atoms with Crippen molar-refractivity contribution in [1.29, 1.82) is 0 Å². The molecule has 7 nitrogen and oxygen atoms in total. The molecule has 0 aliphatic heterocycles. The van der Waals surface area contributed by atoms with Crippen LogP contribution < -0.4 is 4.74 Å². The molecule has 1 N–H and O–H groups in total. The number of aliphatic imine (C=N–C) groups is 2. The van der Waals surface area contributed by atoms with Crippen molar-refractivity contribution >= 4 is 12.4 Å². The Hall–Kier alpha value is -3.06. The van der Waals surface area contributed by atoms with Gasteiger partial charge in [0.25, 0.3) is 6.04 Å². The monoisotopic (exact) mass is 355 g/mol. The Morgan fingerprint density at radius 3 is 1.88 bits per heavy atom. The summed E-state index contributed by atoms with van der Waals surface area (Å²) in [5.74, 6) is 0.750. The fourth-order valence-corrected chi connectivity index (χ4v) is 2.16. The zero-order chi connectivity index (χ0) is 18.8. The first-order valence-electron chi connectivity index (χ1n) is 8.07. The summed E-state index contributed by atoms with van der Waals surface area (Å²) in [7, 11) is 1.59. The number of nitro groups is 1. The van der Waals surface area contributed by atoms with Gasteiger partial charge in [0.1, 0.15) is 5.75 Å². The number of hydrogen-bond acceptors (Lipinski definition) is 6. The standard InChI is InChI=1S/C19H21N3O4/c1-26-19-8-6-16(7-9-19)11-21-13-18(22(24)25)12-20-10-15-2-4-17(14-23)5-3-15/h2-9,12-13,18,23H,10-11,14H2,1H3. The number of hydrogen-bond donors (Lipinski definition) is 1. The maximum absolute atomic E-state index is 11.1. The Morgan fingerprint density at radius 1 is 1.00 bits per heavy atom. The van der Waals surface area contributed by atoms with E-state index < -0.39 is 11.0 Å². The molecule has 0 heterocycles. The number of nitrogens with zero attached hydrogens (tertiary/aromatic N) is 3. The Labute approximate surface area is 151 Å². The molecule has 0 bridgehead atoms. The van der Waals surface area contributed by atoms with Crippen LogP contribution in [0.5, 0.6) is 5.75 Å². The summed E-state index contributed by atoms with van der Waals surface area (Å²) in [6.07, 6.45) is 2.58. The molecule has 7 heteroatoms. The van der Waals surface area contributed by atoms with Crippen LogP contribution in [0.25, 0.3) is 0 Å². The van der Waals surface area contributed by atoms with Crippen LogP contribution in [0, 0.1) is 10.1 Å². The van der Waals surface area contributed by atoms with E-state index in [-0.39, 0.29) is 6.61 Å². The highest BCUT2D eigenvalue weighted by atomic mass is 16.6. The number of methoxy groups -OCH3 is 1. The van der Waals surface area contributed by atoms with E-state index in [1.54, 1.807) is 19.2 Å². The normalized spacial score (nSPS) is 12.5. The van der Waals surface area contributed by atoms with Crippen LogP contribution in [0.2, 0.25) is 0 Å². The number of aliphatic hydroxyl groups is 1. The molecule has 2 rings (SSSR count). The molecule has 0 radical (unpaired) electrons. The van der Waals surface area contributed by atoms with E-state index in [0.29, 0.717) is 13.1 Å². The van der Waals surface area contributed by atoms with Crippen molar-refractivity contribution in [2.24, 2.45) is 9.98 Å². The number of ether oxygens (including phenoxy) is 1. The predicted molar refractivity (Wildman–Crippen MR) is 101 cm³/mol. The molecule has 26 heavy (non-hydrogen) atoms. The maximum Gasteiger partial charge on any atom is 0.282 e. The van der Waals surface area contributed by atoms with Gasteiger partial charge < -0.3 is 9.84 Å². The van der Waals surface area contributed by atoms with Crippen molar-refractivity contribution in [3.63, 3.8) is 0 Å². The summed E-state index contributed by atoms with van der Waals surface area (Å²) in [5, 5.41) is 20.1. The zero-order valence-electron chi connectivity index (χ0n) is 14.5. The minimum Gasteiger partial charge on any atom is -0.497 e. The number of rotatable bonds is 9. The SMILES string of the molecule is COc1ccc(CN=CC(C=NCc2ccc(CO)cc2)[N+](=O)[O-])cc1. The van der Waals surface area contributed by atoms with Crippen molar-refractivity contribution in [2.75, 3.05) is 7.11 Å². The van der Waals surface area contributed by atoms with Crippen LogP contribution in [-0.4, -0.2) is 35.6 Å². The van der Waals surface area contributed by atoms with E-state index >= 15 is 0 Å². The molecule has 1 unspecified atom stereocenters. The van der Waals surface area contributed by atoms with E-state index in [2.05, 4.69) is 9.98 Å². The topological polar surface area (TPSA) is 97.3 Å². The highest BCUT2D eigenvalue weighted by molar-refractivity contribution is 5.86. The van der Waals surface area contributed by atoms with Gasteiger partial charge in [0.2, 0.25) is 0 Å². The molecule has 2 aromatic rings. The van der Waals surface area contributed by atoms with Gasteiger partial charge in [-0.25, -0.2) is 0 Å². The van der Waals surface area contributed by atoms with Crippen molar-refractivity contribution in [1.82, 2.24) is 0 Å². The van der Waals surface area contributed by atoms with Crippen LogP contribution >= 0.6 is 0 Å². The van der Waals surface area contributed by atoms with Crippen molar-refractivity contribution in [3.05, 3.63) is 75.3 Å². The van der Waals surface area contributed by atoms with E-state index in [4.69, 9.17) is 9.84 Å². The summed E-state index contributed by atoms with van der Waals surface area (Å²) in [5.41, 5.74) is 2.66. The van der Waals surface area contributed by atoms with Gasteiger partial charge in [-0.3, -0.25) is 20.1 Å².